The van der Waals surface area contributed by atoms with Gasteiger partial charge in [0.2, 0.25) is 5.91 Å². The van der Waals surface area contributed by atoms with Crippen molar-refractivity contribution in [2.24, 2.45) is 0 Å². The van der Waals surface area contributed by atoms with Gasteiger partial charge in [0.25, 0.3) is 11.8 Å². The smallest absolute Gasteiger partial charge is 0.419 e. The molecule has 11 nitrogen and oxygen atoms in total. The van der Waals surface area contributed by atoms with Gasteiger partial charge in [-0.1, -0.05) is 35.9 Å². The predicted octanol–water partition coefficient (Wildman–Crippen LogP) is 4.93. The Bertz CT molecular complexity index is 1990. The number of imide groups is 1. The molecular weight excluding hydrogens is 620 g/mol. The van der Waals surface area contributed by atoms with Crippen LogP contribution >= 0.6 is 11.6 Å². The molecule has 3 amide bonds. The van der Waals surface area contributed by atoms with E-state index in [-0.39, 0.29) is 44.3 Å². The molecule has 0 spiro atoms. The molecule has 2 aliphatic heterocycles. The second-order valence-corrected chi connectivity index (χ2v) is 13.2. The Kier molecular flexibility index (Phi) is 8.26. The van der Waals surface area contributed by atoms with Crippen LogP contribution in [0.15, 0.2) is 66.7 Å². The van der Waals surface area contributed by atoms with Crippen LogP contribution in [-0.4, -0.2) is 67.8 Å². The molecule has 2 N–H and O–H groups in total. The molecule has 47 heavy (non-hydrogen) atoms. The number of nitrogens with two attached hydrogens (primary N) is 1. The van der Waals surface area contributed by atoms with Gasteiger partial charge >= 0.3 is 6.09 Å². The summed E-state index contributed by atoms with van der Waals surface area (Å²) in [4.78, 5) is 59.4. The average Bonchev–Trinajstić information content (AvgIpc) is 3.53. The fourth-order valence-electron chi connectivity index (χ4n) is 6.13. The van der Waals surface area contributed by atoms with Crippen molar-refractivity contribution in [2.45, 2.75) is 52.0 Å². The summed E-state index contributed by atoms with van der Waals surface area (Å²) in [6, 6.07) is 19.9. The van der Waals surface area contributed by atoms with Crippen LogP contribution in [0.3, 0.4) is 0 Å². The van der Waals surface area contributed by atoms with Crippen molar-refractivity contribution in [2.75, 3.05) is 18.8 Å². The molecule has 1 fully saturated rings. The minimum Gasteiger partial charge on any atom is -0.443 e. The van der Waals surface area contributed by atoms with Gasteiger partial charge in [0.05, 0.1) is 24.2 Å². The molecule has 1 aromatic heterocycles. The molecule has 0 aliphatic carbocycles. The predicted molar refractivity (Wildman–Crippen MR) is 175 cm³/mol. The van der Waals surface area contributed by atoms with Crippen LogP contribution < -0.4 is 5.73 Å². The fourth-order valence-corrected chi connectivity index (χ4v) is 6.31. The van der Waals surface area contributed by atoms with Gasteiger partial charge in [-0.05, 0) is 74.4 Å². The van der Waals surface area contributed by atoms with Gasteiger partial charge in [-0.3, -0.25) is 24.2 Å². The number of ether oxygens (including phenoxy) is 1. The molecule has 1 unspecified atom stereocenters. The van der Waals surface area contributed by atoms with Gasteiger partial charge in [0.1, 0.15) is 17.7 Å². The number of nitriles is 1. The maximum absolute atomic E-state index is 14.2. The lowest BCUT2D eigenvalue weighted by Crippen LogP contribution is -2.61. The van der Waals surface area contributed by atoms with Gasteiger partial charge in [-0.15, -0.1) is 0 Å². The lowest BCUT2D eigenvalue weighted by atomic mass is 10.1. The van der Waals surface area contributed by atoms with Crippen molar-refractivity contribution < 1.29 is 23.9 Å². The van der Waals surface area contributed by atoms with Gasteiger partial charge in [0.15, 0.2) is 0 Å². The fraction of sp³-hybridized carbons (Fsp3) is 0.286. The summed E-state index contributed by atoms with van der Waals surface area (Å²) in [5.41, 5.74) is 8.83. The Labute approximate surface area is 276 Å². The lowest BCUT2D eigenvalue weighted by molar-refractivity contribution is -0.151. The van der Waals surface area contributed by atoms with E-state index in [2.05, 4.69) is 0 Å². The number of rotatable bonds is 5. The highest BCUT2D eigenvalue weighted by Crippen LogP contribution is 2.29. The van der Waals surface area contributed by atoms with E-state index in [1.807, 2.05) is 18.2 Å². The SMILES string of the molecule is CC(C)(C)OC(=O)n1c(CN2CC(=O)N(Cc3ccc(C#N)c(N)c3)C(C(=O)N3Cc4ccccc4C3=O)C2)cc2cc(Cl)ccc21. The number of nitrogen functional groups attached to an aromatic ring is 1. The molecule has 240 valence electrons. The normalized spacial score (nSPS) is 16.8. The Hall–Kier alpha value is -5.18. The largest absolute Gasteiger partial charge is 0.443 e. The number of piperazine rings is 1. The number of nitrogens with zero attached hydrogens (tertiary/aromatic N) is 5. The van der Waals surface area contributed by atoms with Crippen LogP contribution in [0, 0.1) is 11.3 Å². The molecule has 3 heterocycles. The summed E-state index contributed by atoms with van der Waals surface area (Å²) in [7, 11) is 0. The molecule has 0 saturated carbocycles. The van der Waals surface area contributed by atoms with Crippen molar-refractivity contribution in [3.8, 4) is 6.07 Å². The first-order valence-electron chi connectivity index (χ1n) is 15.1. The number of hydrogen-bond acceptors (Lipinski definition) is 8. The highest BCUT2D eigenvalue weighted by molar-refractivity contribution is 6.31. The van der Waals surface area contributed by atoms with Crippen molar-refractivity contribution in [1.29, 1.82) is 5.26 Å². The summed E-state index contributed by atoms with van der Waals surface area (Å²) in [5.74, 6) is -1.27. The van der Waals surface area contributed by atoms with Gasteiger partial charge in [-0.2, -0.15) is 5.26 Å². The van der Waals surface area contributed by atoms with Gasteiger partial charge in [0, 0.05) is 47.0 Å². The van der Waals surface area contributed by atoms with Crippen LogP contribution in [0.4, 0.5) is 10.5 Å². The zero-order valence-electron chi connectivity index (χ0n) is 26.2. The van der Waals surface area contributed by atoms with E-state index in [9.17, 15) is 24.4 Å². The third kappa shape index (κ3) is 6.30. The summed E-state index contributed by atoms with van der Waals surface area (Å²) >= 11 is 6.27. The second-order valence-electron chi connectivity index (χ2n) is 12.8. The molecule has 0 bridgehead atoms. The second kappa shape index (κ2) is 12.2. The zero-order chi connectivity index (χ0) is 33.6. The minimum atomic E-state index is -1.03. The third-order valence-corrected chi connectivity index (χ3v) is 8.48. The van der Waals surface area contributed by atoms with E-state index in [4.69, 9.17) is 22.1 Å². The number of hydrogen-bond donors (Lipinski definition) is 1. The monoisotopic (exact) mass is 652 g/mol. The molecule has 3 aromatic carbocycles. The first-order valence-corrected chi connectivity index (χ1v) is 15.5. The number of aromatic nitrogens is 1. The average molecular weight is 653 g/mol. The highest BCUT2D eigenvalue weighted by atomic mass is 35.5. The topological polar surface area (TPSA) is 142 Å². The zero-order valence-corrected chi connectivity index (χ0v) is 27.0. The number of fused-ring (bicyclic) bond motifs is 2. The number of anilines is 1. The van der Waals surface area contributed by atoms with E-state index in [1.54, 1.807) is 80.3 Å². The maximum atomic E-state index is 14.2. The van der Waals surface area contributed by atoms with Crippen molar-refractivity contribution in [3.05, 3.63) is 99.7 Å². The molecule has 4 aromatic rings. The number of carbonyl (C=O) groups excluding carboxylic acids is 4. The quantitative estimate of drug-likeness (QED) is 0.236. The van der Waals surface area contributed by atoms with Crippen LogP contribution in [0.2, 0.25) is 5.02 Å². The van der Waals surface area contributed by atoms with Gasteiger partial charge < -0.3 is 15.4 Å². The highest BCUT2D eigenvalue weighted by Gasteiger charge is 2.43. The van der Waals surface area contributed by atoms with Crippen molar-refractivity contribution in [3.63, 3.8) is 0 Å². The lowest BCUT2D eigenvalue weighted by Gasteiger charge is -2.41. The summed E-state index contributed by atoms with van der Waals surface area (Å²) in [6.45, 7) is 5.65. The van der Waals surface area contributed by atoms with Crippen molar-refractivity contribution >= 4 is 52.0 Å². The van der Waals surface area contributed by atoms with Crippen LogP contribution in [0.5, 0.6) is 0 Å². The van der Waals surface area contributed by atoms with E-state index in [0.29, 0.717) is 32.9 Å². The van der Waals surface area contributed by atoms with Crippen LogP contribution in [0.25, 0.3) is 10.9 Å². The number of carbonyl (C=O) groups is 4. The molecule has 1 atom stereocenters. The Balaban J connectivity index is 1.34. The van der Waals surface area contributed by atoms with E-state index < -0.39 is 29.6 Å². The number of benzene rings is 3. The summed E-state index contributed by atoms with van der Waals surface area (Å²) in [6.07, 6.45) is -0.582. The first-order chi connectivity index (χ1) is 22.3. The molecule has 1 saturated heterocycles. The van der Waals surface area contributed by atoms with Crippen molar-refractivity contribution in [1.82, 2.24) is 19.3 Å². The summed E-state index contributed by atoms with van der Waals surface area (Å²) in [5, 5.41) is 10.5. The van der Waals surface area contributed by atoms with E-state index >= 15 is 0 Å². The molecular formula is C35H33ClN6O5. The molecule has 12 heteroatoms. The Morgan fingerprint density at radius 1 is 1.02 bits per heavy atom. The standard InChI is InChI=1S/C35H33ClN6O5/c1-35(2,3)47-34(46)42-26(14-24-13-25(36)10-11-29(24)42)18-39-19-30(33(45)41-17-23-6-4-5-7-27(23)32(41)44)40(31(43)20-39)16-21-8-9-22(15-37)28(38)12-21/h4-14,30H,16-20,38H2,1-3H3. The van der Waals surface area contributed by atoms with E-state index in [0.717, 1.165) is 10.9 Å². The van der Waals surface area contributed by atoms with Gasteiger partial charge in [-0.25, -0.2) is 9.36 Å². The maximum Gasteiger partial charge on any atom is 0.419 e. The summed E-state index contributed by atoms with van der Waals surface area (Å²) < 4.78 is 7.18. The van der Waals surface area contributed by atoms with Crippen LogP contribution in [0.1, 0.15) is 53.5 Å². The van der Waals surface area contributed by atoms with E-state index in [1.165, 1.54) is 14.4 Å². The van der Waals surface area contributed by atoms with Crippen LogP contribution in [-0.2, 0) is 34.0 Å². The molecule has 2 aliphatic rings. The minimum absolute atomic E-state index is 0.0463. The number of halogens is 1. The first kappa shape index (κ1) is 31.8. The molecule has 0 radical (unpaired) electrons. The molecule has 6 rings (SSSR count). The third-order valence-electron chi connectivity index (χ3n) is 8.25. The Morgan fingerprint density at radius 2 is 1.79 bits per heavy atom. The number of amides is 3. The Morgan fingerprint density at radius 3 is 2.49 bits per heavy atom.